The van der Waals surface area contributed by atoms with E-state index in [0.717, 1.165) is 19.4 Å². The third-order valence-electron chi connectivity index (χ3n) is 3.86. The van der Waals surface area contributed by atoms with Crippen molar-refractivity contribution in [1.82, 2.24) is 5.32 Å². The molecule has 0 amide bonds. The highest BCUT2D eigenvalue weighted by atomic mass is 16.7. The summed E-state index contributed by atoms with van der Waals surface area (Å²) in [4.78, 5) is 0. The Bertz CT molecular complexity index is 347. The summed E-state index contributed by atoms with van der Waals surface area (Å²) in [6.07, 6.45) is 6.34. The molecule has 1 aromatic carbocycles. The molecule has 0 saturated heterocycles. The Labute approximate surface area is 122 Å². The molecule has 0 bridgehead atoms. The lowest BCUT2D eigenvalue weighted by molar-refractivity contribution is -0.106. The molecule has 1 saturated carbocycles. The Kier molecular flexibility index (Phi) is 7.06. The molecule has 0 heterocycles. The molecule has 1 N–H and O–H groups in total. The Morgan fingerprint density at radius 3 is 2.55 bits per heavy atom. The predicted octanol–water partition coefficient (Wildman–Crippen LogP) is 3.49. The van der Waals surface area contributed by atoms with Crippen molar-refractivity contribution < 1.29 is 9.47 Å². The first-order chi connectivity index (χ1) is 9.88. The number of benzene rings is 1. The minimum Gasteiger partial charge on any atom is -0.352 e. The van der Waals surface area contributed by atoms with Gasteiger partial charge in [0.1, 0.15) is 6.79 Å². The van der Waals surface area contributed by atoms with E-state index in [0.29, 0.717) is 25.5 Å². The van der Waals surface area contributed by atoms with Crippen molar-refractivity contribution in [2.75, 3.05) is 13.3 Å². The minimum absolute atomic E-state index is 0.380. The maximum atomic E-state index is 5.81. The monoisotopic (exact) mass is 277 g/mol. The molecule has 0 aliphatic heterocycles. The predicted molar refractivity (Wildman–Crippen MR) is 81.5 cm³/mol. The maximum absolute atomic E-state index is 5.81. The number of ether oxygens (including phenoxy) is 2. The van der Waals surface area contributed by atoms with E-state index in [1.54, 1.807) is 0 Å². The van der Waals surface area contributed by atoms with Crippen molar-refractivity contribution in [1.29, 1.82) is 0 Å². The minimum atomic E-state index is 0.380. The fourth-order valence-electron chi connectivity index (χ4n) is 2.66. The first kappa shape index (κ1) is 15.5. The Morgan fingerprint density at radius 1 is 1.10 bits per heavy atom. The van der Waals surface area contributed by atoms with Gasteiger partial charge in [0, 0.05) is 6.04 Å². The second-order valence-electron chi connectivity index (χ2n) is 5.55. The molecule has 20 heavy (non-hydrogen) atoms. The highest BCUT2D eigenvalue weighted by molar-refractivity contribution is 5.13. The van der Waals surface area contributed by atoms with Crippen LogP contribution in [0.15, 0.2) is 30.3 Å². The van der Waals surface area contributed by atoms with E-state index >= 15 is 0 Å². The lowest BCUT2D eigenvalue weighted by atomic mass is 9.93. The number of rotatable bonds is 8. The summed E-state index contributed by atoms with van der Waals surface area (Å²) < 4.78 is 11.4. The number of hydrogen-bond acceptors (Lipinski definition) is 3. The van der Waals surface area contributed by atoms with Crippen LogP contribution < -0.4 is 5.32 Å². The normalized spacial score (nSPS) is 22.9. The van der Waals surface area contributed by atoms with Crippen molar-refractivity contribution in [3.63, 3.8) is 0 Å². The van der Waals surface area contributed by atoms with Crippen molar-refractivity contribution in [2.24, 2.45) is 0 Å². The lowest BCUT2D eigenvalue weighted by Crippen LogP contribution is -2.35. The largest absolute Gasteiger partial charge is 0.352 e. The molecule has 3 nitrogen and oxygen atoms in total. The standard InChI is InChI=1S/C17H27NO2/c1-2-12-18-16-8-10-17(11-9-16)20-14-19-13-15-6-4-3-5-7-15/h3-7,16-18H,2,8-14H2,1H3. The van der Waals surface area contributed by atoms with Crippen molar-refractivity contribution in [2.45, 2.75) is 57.8 Å². The SMILES string of the molecule is CCCNC1CCC(OCOCc2ccccc2)CC1. The van der Waals surface area contributed by atoms with Gasteiger partial charge in [-0.25, -0.2) is 0 Å². The van der Waals surface area contributed by atoms with Crippen LogP contribution in [0.3, 0.4) is 0 Å². The summed E-state index contributed by atoms with van der Waals surface area (Å²) in [5.41, 5.74) is 1.20. The van der Waals surface area contributed by atoms with Gasteiger partial charge >= 0.3 is 0 Å². The summed E-state index contributed by atoms with van der Waals surface area (Å²) in [5, 5.41) is 3.59. The van der Waals surface area contributed by atoms with Crippen LogP contribution in [0, 0.1) is 0 Å². The van der Waals surface area contributed by atoms with Gasteiger partial charge in [-0.15, -0.1) is 0 Å². The highest BCUT2D eigenvalue weighted by Crippen LogP contribution is 2.21. The molecule has 1 aliphatic rings. The van der Waals surface area contributed by atoms with E-state index in [2.05, 4.69) is 24.4 Å². The lowest BCUT2D eigenvalue weighted by Gasteiger charge is -2.29. The van der Waals surface area contributed by atoms with Crippen LogP contribution >= 0.6 is 0 Å². The summed E-state index contributed by atoms with van der Waals surface area (Å²) >= 11 is 0. The van der Waals surface area contributed by atoms with Gasteiger partial charge in [0.25, 0.3) is 0 Å². The molecule has 0 radical (unpaired) electrons. The summed E-state index contributed by atoms with van der Waals surface area (Å²) in [6, 6.07) is 10.9. The van der Waals surface area contributed by atoms with Crippen LogP contribution in [-0.4, -0.2) is 25.5 Å². The van der Waals surface area contributed by atoms with Gasteiger partial charge in [-0.2, -0.15) is 0 Å². The quantitative estimate of drug-likeness (QED) is 0.583. The van der Waals surface area contributed by atoms with Gasteiger partial charge in [0.05, 0.1) is 12.7 Å². The summed E-state index contributed by atoms with van der Waals surface area (Å²) in [6.45, 7) is 4.39. The second-order valence-corrected chi connectivity index (χ2v) is 5.55. The molecule has 3 heteroatoms. The van der Waals surface area contributed by atoms with Gasteiger partial charge in [-0.3, -0.25) is 0 Å². The maximum Gasteiger partial charge on any atom is 0.147 e. The van der Waals surface area contributed by atoms with Crippen LogP contribution in [0.1, 0.15) is 44.6 Å². The third-order valence-corrected chi connectivity index (χ3v) is 3.86. The van der Waals surface area contributed by atoms with Gasteiger partial charge in [0.2, 0.25) is 0 Å². The zero-order chi connectivity index (χ0) is 14.0. The molecular weight excluding hydrogens is 250 g/mol. The molecule has 2 rings (SSSR count). The summed E-state index contributed by atoms with van der Waals surface area (Å²) in [5.74, 6) is 0. The smallest absolute Gasteiger partial charge is 0.147 e. The number of hydrogen-bond donors (Lipinski definition) is 1. The third kappa shape index (κ3) is 5.61. The molecule has 0 aromatic heterocycles. The van der Waals surface area contributed by atoms with Crippen molar-refractivity contribution in [3.8, 4) is 0 Å². The molecule has 0 atom stereocenters. The Hall–Kier alpha value is -0.900. The fraction of sp³-hybridized carbons (Fsp3) is 0.647. The van der Waals surface area contributed by atoms with E-state index in [-0.39, 0.29) is 0 Å². The summed E-state index contributed by atoms with van der Waals surface area (Å²) in [7, 11) is 0. The fourth-order valence-corrected chi connectivity index (χ4v) is 2.66. The van der Waals surface area contributed by atoms with Crippen LogP contribution in [0.25, 0.3) is 0 Å². The van der Waals surface area contributed by atoms with E-state index in [4.69, 9.17) is 9.47 Å². The van der Waals surface area contributed by atoms with Gasteiger partial charge in [-0.05, 0) is 44.2 Å². The number of nitrogens with one attached hydrogen (secondary N) is 1. The topological polar surface area (TPSA) is 30.5 Å². The second kappa shape index (κ2) is 9.11. The molecule has 112 valence electrons. The van der Waals surface area contributed by atoms with Gasteiger partial charge in [-0.1, -0.05) is 37.3 Å². The highest BCUT2D eigenvalue weighted by Gasteiger charge is 2.20. The average molecular weight is 277 g/mol. The van der Waals surface area contributed by atoms with E-state index in [9.17, 15) is 0 Å². The Balaban J connectivity index is 1.53. The molecule has 1 aromatic rings. The van der Waals surface area contributed by atoms with Crippen LogP contribution in [0.5, 0.6) is 0 Å². The first-order valence-corrected chi connectivity index (χ1v) is 7.85. The van der Waals surface area contributed by atoms with Crippen LogP contribution in [-0.2, 0) is 16.1 Å². The molecule has 1 aliphatic carbocycles. The van der Waals surface area contributed by atoms with Gasteiger partial charge in [0.15, 0.2) is 0 Å². The molecular formula is C17H27NO2. The molecule has 1 fully saturated rings. The molecule has 0 spiro atoms. The van der Waals surface area contributed by atoms with Gasteiger partial charge < -0.3 is 14.8 Å². The van der Waals surface area contributed by atoms with E-state index < -0.39 is 0 Å². The first-order valence-electron chi connectivity index (χ1n) is 7.85. The van der Waals surface area contributed by atoms with E-state index in [1.807, 2.05) is 18.2 Å². The van der Waals surface area contributed by atoms with Crippen molar-refractivity contribution in [3.05, 3.63) is 35.9 Å². The Morgan fingerprint density at radius 2 is 1.85 bits per heavy atom. The zero-order valence-corrected chi connectivity index (χ0v) is 12.5. The molecule has 0 unspecified atom stereocenters. The van der Waals surface area contributed by atoms with Crippen LogP contribution in [0.2, 0.25) is 0 Å². The zero-order valence-electron chi connectivity index (χ0n) is 12.5. The van der Waals surface area contributed by atoms with Crippen molar-refractivity contribution >= 4 is 0 Å². The van der Waals surface area contributed by atoms with E-state index in [1.165, 1.54) is 24.8 Å². The average Bonchev–Trinajstić information content (AvgIpc) is 2.52. The van der Waals surface area contributed by atoms with Crippen LogP contribution in [0.4, 0.5) is 0 Å².